The average Bonchev–Trinajstić information content (AvgIpc) is 3.18. The van der Waals surface area contributed by atoms with Crippen LogP contribution in [-0.2, 0) is 9.59 Å². The number of amides is 1. The number of nitro groups is 1. The molecule has 1 fully saturated rings. The van der Waals surface area contributed by atoms with Crippen LogP contribution in [0.1, 0.15) is 12.8 Å². The minimum Gasteiger partial charge on any atom is -0.480 e. The van der Waals surface area contributed by atoms with E-state index in [1.165, 1.54) is 36.2 Å². The second kappa shape index (κ2) is 4.34. The van der Waals surface area contributed by atoms with Crippen LogP contribution >= 0.6 is 0 Å². The molecule has 0 aromatic heterocycles. The number of non-ortho nitro benzene ring substituents is 1. The first-order valence-corrected chi connectivity index (χ1v) is 5.64. The van der Waals surface area contributed by atoms with Crippen molar-refractivity contribution in [2.24, 2.45) is 5.41 Å². The Kier molecular flexibility index (Phi) is 2.97. The Labute approximate surface area is 108 Å². The number of aliphatic carboxylic acids is 1. The largest absolute Gasteiger partial charge is 0.480 e. The Hall–Kier alpha value is -2.44. The first kappa shape index (κ1) is 13.0. The monoisotopic (exact) mass is 264 g/mol. The van der Waals surface area contributed by atoms with Crippen molar-refractivity contribution in [2.75, 3.05) is 11.9 Å². The Morgan fingerprint density at radius 3 is 2.21 bits per heavy atom. The van der Waals surface area contributed by atoms with Crippen LogP contribution in [0.5, 0.6) is 0 Å². The molecule has 1 aromatic rings. The molecule has 1 aliphatic carbocycles. The molecule has 1 saturated carbocycles. The SMILES string of the molecule is CN(C(=O)C1(C(=O)O)CC1)c1ccc([N+](=O)[O-])cc1. The first-order chi connectivity index (χ1) is 8.88. The highest BCUT2D eigenvalue weighted by molar-refractivity contribution is 6.11. The summed E-state index contributed by atoms with van der Waals surface area (Å²) in [5.74, 6) is -1.61. The van der Waals surface area contributed by atoms with E-state index in [0.29, 0.717) is 18.5 Å². The number of benzene rings is 1. The van der Waals surface area contributed by atoms with Gasteiger partial charge in [-0.25, -0.2) is 0 Å². The fourth-order valence-electron chi connectivity index (χ4n) is 1.88. The van der Waals surface area contributed by atoms with Gasteiger partial charge in [0.15, 0.2) is 0 Å². The number of anilines is 1. The number of carbonyl (C=O) groups excluding carboxylic acids is 1. The minimum atomic E-state index is -1.31. The topological polar surface area (TPSA) is 101 Å². The summed E-state index contributed by atoms with van der Waals surface area (Å²) in [6.45, 7) is 0. The van der Waals surface area contributed by atoms with Crippen LogP contribution in [0.25, 0.3) is 0 Å². The second-order valence-corrected chi connectivity index (χ2v) is 4.52. The predicted octanol–water partition coefficient (Wildman–Crippen LogP) is 1.42. The van der Waals surface area contributed by atoms with Crippen LogP contribution in [0.2, 0.25) is 0 Å². The number of rotatable bonds is 4. The van der Waals surface area contributed by atoms with Crippen molar-refractivity contribution < 1.29 is 19.6 Å². The lowest BCUT2D eigenvalue weighted by Crippen LogP contribution is -2.38. The highest BCUT2D eigenvalue weighted by Crippen LogP contribution is 2.47. The van der Waals surface area contributed by atoms with Crippen molar-refractivity contribution >= 4 is 23.3 Å². The van der Waals surface area contributed by atoms with Crippen molar-refractivity contribution in [3.8, 4) is 0 Å². The summed E-state index contributed by atoms with van der Waals surface area (Å²) in [6.07, 6.45) is 0.664. The Morgan fingerprint density at radius 1 is 1.32 bits per heavy atom. The zero-order chi connectivity index (χ0) is 14.2. The molecule has 7 heteroatoms. The van der Waals surface area contributed by atoms with Crippen LogP contribution < -0.4 is 4.90 Å². The number of nitrogens with zero attached hydrogens (tertiary/aromatic N) is 2. The van der Waals surface area contributed by atoms with Gasteiger partial charge in [0.1, 0.15) is 5.41 Å². The third-order valence-electron chi connectivity index (χ3n) is 3.32. The van der Waals surface area contributed by atoms with Crippen molar-refractivity contribution in [3.05, 3.63) is 34.4 Å². The van der Waals surface area contributed by atoms with E-state index in [4.69, 9.17) is 5.11 Å². The Balaban J connectivity index is 2.20. The smallest absolute Gasteiger partial charge is 0.319 e. The molecule has 0 spiro atoms. The standard InChI is InChI=1S/C12H12N2O5/c1-13(10(15)12(6-7-12)11(16)17)8-2-4-9(5-3-8)14(18)19/h2-5H,6-7H2,1H3,(H,16,17). The Morgan fingerprint density at radius 2 is 1.84 bits per heavy atom. The van der Waals surface area contributed by atoms with Gasteiger partial charge < -0.3 is 10.0 Å². The summed E-state index contributed by atoms with van der Waals surface area (Å²) in [6, 6.07) is 5.40. The number of carboxylic acids is 1. The lowest BCUT2D eigenvalue weighted by Gasteiger charge is -2.20. The van der Waals surface area contributed by atoms with E-state index >= 15 is 0 Å². The van der Waals surface area contributed by atoms with Crippen LogP contribution in [0.3, 0.4) is 0 Å². The summed E-state index contributed by atoms with van der Waals surface area (Å²) < 4.78 is 0. The molecular formula is C12H12N2O5. The van der Waals surface area contributed by atoms with Crippen molar-refractivity contribution in [1.29, 1.82) is 0 Å². The summed E-state index contributed by atoms with van der Waals surface area (Å²) in [4.78, 5) is 34.4. The van der Waals surface area contributed by atoms with Gasteiger partial charge in [-0.3, -0.25) is 19.7 Å². The van der Waals surface area contributed by atoms with Crippen LogP contribution in [0.15, 0.2) is 24.3 Å². The molecule has 0 unspecified atom stereocenters. The van der Waals surface area contributed by atoms with Gasteiger partial charge in [0, 0.05) is 24.9 Å². The van der Waals surface area contributed by atoms with Gasteiger partial charge >= 0.3 is 5.97 Å². The van der Waals surface area contributed by atoms with Gasteiger partial charge in [-0.15, -0.1) is 0 Å². The Bertz CT molecular complexity index is 548. The van der Waals surface area contributed by atoms with E-state index in [-0.39, 0.29) is 5.69 Å². The number of hydrogen-bond acceptors (Lipinski definition) is 4. The fraction of sp³-hybridized carbons (Fsp3) is 0.333. The molecule has 2 rings (SSSR count). The molecule has 1 amide bonds. The van der Waals surface area contributed by atoms with Gasteiger partial charge in [-0.05, 0) is 25.0 Å². The van der Waals surface area contributed by atoms with Crippen LogP contribution in [0, 0.1) is 15.5 Å². The van der Waals surface area contributed by atoms with E-state index in [1.54, 1.807) is 0 Å². The van der Waals surface area contributed by atoms with Gasteiger partial charge in [-0.1, -0.05) is 0 Å². The minimum absolute atomic E-state index is 0.0797. The molecule has 1 N–H and O–H groups in total. The van der Waals surface area contributed by atoms with E-state index in [1.807, 2.05) is 0 Å². The highest BCUT2D eigenvalue weighted by Gasteiger charge is 2.58. The molecule has 0 radical (unpaired) electrons. The molecule has 0 bridgehead atoms. The quantitative estimate of drug-likeness (QED) is 0.503. The van der Waals surface area contributed by atoms with Gasteiger partial charge in [-0.2, -0.15) is 0 Å². The lowest BCUT2D eigenvalue weighted by molar-refractivity contribution is -0.384. The maximum Gasteiger partial charge on any atom is 0.319 e. The highest BCUT2D eigenvalue weighted by atomic mass is 16.6. The van der Waals surface area contributed by atoms with E-state index in [2.05, 4.69) is 0 Å². The molecule has 19 heavy (non-hydrogen) atoms. The van der Waals surface area contributed by atoms with Crippen LogP contribution in [0.4, 0.5) is 11.4 Å². The molecule has 0 atom stereocenters. The van der Waals surface area contributed by atoms with Crippen molar-refractivity contribution in [1.82, 2.24) is 0 Å². The number of carbonyl (C=O) groups is 2. The summed E-state index contributed by atoms with van der Waals surface area (Å²) in [5.41, 5.74) is -0.955. The maximum atomic E-state index is 12.1. The van der Waals surface area contributed by atoms with Crippen molar-refractivity contribution in [3.63, 3.8) is 0 Å². The predicted molar refractivity (Wildman–Crippen MR) is 65.8 cm³/mol. The van der Waals surface area contributed by atoms with Crippen LogP contribution in [-0.4, -0.2) is 29.0 Å². The third kappa shape index (κ3) is 2.14. The molecule has 0 aliphatic heterocycles. The molecule has 100 valence electrons. The number of carboxylic acid groups (broad SMARTS) is 1. The fourth-order valence-corrected chi connectivity index (χ4v) is 1.88. The zero-order valence-electron chi connectivity index (χ0n) is 10.2. The molecule has 1 aromatic carbocycles. The molecule has 1 aliphatic rings. The number of nitro benzene ring substituents is 1. The number of hydrogen-bond donors (Lipinski definition) is 1. The van der Waals surface area contributed by atoms with Gasteiger partial charge in [0.05, 0.1) is 4.92 Å². The zero-order valence-corrected chi connectivity index (χ0v) is 10.2. The maximum absolute atomic E-state index is 12.1. The lowest BCUT2D eigenvalue weighted by atomic mass is 10.1. The second-order valence-electron chi connectivity index (χ2n) is 4.52. The molecular weight excluding hydrogens is 252 g/mol. The third-order valence-corrected chi connectivity index (χ3v) is 3.32. The first-order valence-electron chi connectivity index (χ1n) is 5.64. The van der Waals surface area contributed by atoms with E-state index < -0.39 is 22.2 Å². The van der Waals surface area contributed by atoms with Crippen molar-refractivity contribution in [2.45, 2.75) is 12.8 Å². The molecule has 7 nitrogen and oxygen atoms in total. The van der Waals surface area contributed by atoms with Gasteiger partial charge in [0.25, 0.3) is 5.69 Å². The summed E-state index contributed by atoms with van der Waals surface area (Å²) in [5, 5.41) is 19.6. The van der Waals surface area contributed by atoms with Gasteiger partial charge in [0.2, 0.25) is 5.91 Å². The summed E-state index contributed by atoms with van der Waals surface area (Å²) >= 11 is 0. The molecule has 0 heterocycles. The average molecular weight is 264 g/mol. The van der Waals surface area contributed by atoms with E-state index in [9.17, 15) is 19.7 Å². The summed E-state index contributed by atoms with van der Waals surface area (Å²) in [7, 11) is 1.46. The van der Waals surface area contributed by atoms with E-state index in [0.717, 1.165) is 0 Å². The molecule has 0 saturated heterocycles. The normalized spacial score (nSPS) is 15.6.